The summed E-state index contributed by atoms with van der Waals surface area (Å²) in [6.45, 7) is 3.02. The van der Waals surface area contributed by atoms with Crippen LogP contribution in [0.4, 0.5) is 4.79 Å². The van der Waals surface area contributed by atoms with Crippen molar-refractivity contribution in [2.75, 3.05) is 19.6 Å². The summed E-state index contributed by atoms with van der Waals surface area (Å²) < 4.78 is 0. The molecule has 0 aliphatic carbocycles. The SMILES string of the molecule is CCN(CCC(=O)O)C(=O)NCCc1ccccn1. The van der Waals surface area contributed by atoms with Crippen LogP contribution in [-0.4, -0.2) is 46.6 Å². The van der Waals surface area contributed by atoms with Crippen LogP contribution in [0.25, 0.3) is 0 Å². The molecule has 2 amide bonds. The summed E-state index contributed by atoms with van der Waals surface area (Å²) >= 11 is 0. The summed E-state index contributed by atoms with van der Waals surface area (Å²) in [7, 11) is 0. The van der Waals surface area contributed by atoms with E-state index in [0.717, 1.165) is 5.69 Å². The lowest BCUT2D eigenvalue weighted by atomic mass is 10.3. The van der Waals surface area contributed by atoms with Crippen LogP contribution in [0, 0.1) is 0 Å². The Balaban J connectivity index is 2.30. The molecule has 0 unspecified atom stereocenters. The fraction of sp³-hybridized carbons (Fsp3) is 0.462. The maximum Gasteiger partial charge on any atom is 0.317 e. The van der Waals surface area contributed by atoms with Crippen molar-refractivity contribution in [1.29, 1.82) is 0 Å². The van der Waals surface area contributed by atoms with Crippen molar-refractivity contribution in [2.45, 2.75) is 19.8 Å². The van der Waals surface area contributed by atoms with Crippen molar-refractivity contribution in [3.63, 3.8) is 0 Å². The molecule has 104 valence electrons. The van der Waals surface area contributed by atoms with Gasteiger partial charge < -0.3 is 15.3 Å². The molecule has 1 heterocycles. The van der Waals surface area contributed by atoms with Crippen molar-refractivity contribution >= 4 is 12.0 Å². The zero-order valence-electron chi connectivity index (χ0n) is 11.0. The van der Waals surface area contributed by atoms with Gasteiger partial charge in [-0.05, 0) is 19.1 Å². The number of carboxylic acids is 1. The van der Waals surface area contributed by atoms with E-state index in [1.165, 1.54) is 4.90 Å². The number of nitrogens with one attached hydrogen (secondary N) is 1. The molecule has 1 aromatic heterocycles. The Kier molecular flexibility index (Phi) is 6.35. The largest absolute Gasteiger partial charge is 0.481 e. The minimum atomic E-state index is -0.903. The first kappa shape index (κ1) is 14.9. The molecule has 1 rings (SSSR count). The van der Waals surface area contributed by atoms with E-state index in [2.05, 4.69) is 10.3 Å². The Bertz CT molecular complexity index is 409. The monoisotopic (exact) mass is 265 g/mol. The molecule has 0 radical (unpaired) electrons. The maximum absolute atomic E-state index is 11.8. The second-order valence-corrected chi connectivity index (χ2v) is 4.03. The van der Waals surface area contributed by atoms with Crippen LogP contribution in [0.5, 0.6) is 0 Å². The lowest BCUT2D eigenvalue weighted by Gasteiger charge is -2.20. The molecule has 0 aliphatic rings. The Morgan fingerprint density at radius 1 is 1.42 bits per heavy atom. The van der Waals surface area contributed by atoms with Crippen molar-refractivity contribution in [1.82, 2.24) is 15.2 Å². The van der Waals surface area contributed by atoms with E-state index in [-0.39, 0.29) is 19.0 Å². The van der Waals surface area contributed by atoms with E-state index in [4.69, 9.17) is 5.11 Å². The summed E-state index contributed by atoms with van der Waals surface area (Å²) in [6.07, 6.45) is 2.33. The average molecular weight is 265 g/mol. The zero-order chi connectivity index (χ0) is 14.1. The summed E-state index contributed by atoms with van der Waals surface area (Å²) in [5, 5.41) is 11.4. The van der Waals surface area contributed by atoms with Gasteiger partial charge in [-0.3, -0.25) is 9.78 Å². The van der Waals surface area contributed by atoms with Crippen LogP contribution in [0.2, 0.25) is 0 Å². The molecule has 0 saturated carbocycles. The fourth-order valence-electron chi connectivity index (χ4n) is 1.59. The van der Waals surface area contributed by atoms with Crippen LogP contribution in [0.1, 0.15) is 19.0 Å². The summed E-state index contributed by atoms with van der Waals surface area (Å²) in [5.41, 5.74) is 0.913. The van der Waals surface area contributed by atoms with E-state index in [1.807, 2.05) is 25.1 Å². The number of pyridine rings is 1. The molecule has 6 nitrogen and oxygen atoms in total. The van der Waals surface area contributed by atoms with Crippen molar-refractivity contribution in [2.24, 2.45) is 0 Å². The quantitative estimate of drug-likeness (QED) is 0.774. The molecule has 2 N–H and O–H groups in total. The van der Waals surface area contributed by atoms with E-state index in [9.17, 15) is 9.59 Å². The second-order valence-electron chi connectivity index (χ2n) is 4.03. The normalized spacial score (nSPS) is 9.95. The molecule has 0 aliphatic heterocycles. The van der Waals surface area contributed by atoms with Crippen molar-refractivity contribution in [3.8, 4) is 0 Å². The number of carbonyl (C=O) groups is 2. The van der Waals surface area contributed by atoms with Gasteiger partial charge in [-0.2, -0.15) is 0 Å². The first-order valence-electron chi connectivity index (χ1n) is 6.28. The highest BCUT2D eigenvalue weighted by Crippen LogP contribution is 1.95. The van der Waals surface area contributed by atoms with E-state index in [1.54, 1.807) is 6.20 Å². The smallest absolute Gasteiger partial charge is 0.317 e. The topological polar surface area (TPSA) is 82.5 Å². The minimum absolute atomic E-state index is 0.0402. The van der Waals surface area contributed by atoms with Crippen LogP contribution in [0.3, 0.4) is 0 Å². The molecule has 0 bridgehead atoms. The predicted octanol–water partition coefficient (Wildman–Crippen LogP) is 1.13. The molecule has 0 fully saturated rings. The predicted molar refractivity (Wildman–Crippen MR) is 70.8 cm³/mol. The Labute approximate surface area is 112 Å². The molecule has 0 atom stereocenters. The molecule has 19 heavy (non-hydrogen) atoms. The standard InChI is InChI=1S/C13H19N3O3/c1-2-16(10-7-12(17)18)13(19)15-9-6-11-5-3-4-8-14-11/h3-5,8H,2,6-7,9-10H2,1H3,(H,15,19)(H,17,18). The van der Waals surface area contributed by atoms with Gasteiger partial charge in [-0.15, -0.1) is 0 Å². The highest BCUT2D eigenvalue weighted by atomic mass is 16.4. The van der Waals surface area contributed by atoms with E-state index < -0.39 is 5.97 Å². The maximum atomic E-state index is 11.8. The average Bonchev–Trinajstić information content (AvgIpc) is 2.40. The number of aromatic nitrogens is 1. The number of carboxylic acid groups (broad SMARTS) is 1. The third-order valence-corrected chi connectivity index (χ3v) is 2.65. The van der Waals surface area contributed by atoms with E-state index >= 15 is 0 Å². The molecular formula is C13H19N3O3. The van der Waals surface area contributed by atoms with Gasteiger partial charge in [0.25, 0.3) is 0 Å². The van der Waals surface area contributed by atoms with Gasteiger partial charge in [0.15, 0.2) is 0 Å². The minimum Gasteiger partial charge on any atom is -0.481 e. The number of amides is 2. The Hall–Kier alpha value is -2.11. The first-order chi connectivity index (χ1) is 9.13. The third-order valence-electron chi connectivity index (χ3n) is 2.65. The zero-order valence-corrected chi connectivity index (χ0v) is 11.0. The number of carbonyl (C=O) groups excluding carboxylic acids is 1. The molecular weight excluding hydrogens is 246 g/mol. The second kappa shape index (κ2) is 8.07. The molecule has 0 saturated heterocycles. The summed E-state index contributed by atoms with van der Waals surface area (Å²) in [6, 6.07) is 5.40. The van der Waals surface area contributed by atoms with Crippen molar-refractivity contribution < 1.29 is 14.7 Å². The highest BCUT2D eigenvalue weighted by Gasteiger charge is 2.12. The lowest BCUT2D eigenvalue weighted by Crippen LogP contribution is -2.41. The number of aliphatic carboxylic acids is 1. The lowest BCUT2D eigenvalue weighted by molar-refractivity contribution is -0.137. The van der Waals surface area contributed by atoms with Crippen LogP contribution in [-0.2, 0) is 11.2 Å². The summed E-state index contributed by atoms with van der Waals surface area (Å²) in [4.78, 5) is 27.9. The van der Waals surface area contributed by atoms with Crippen molar-refractivity contribution in [3.05, 3.63) is 30.1 Å². The number of hydrogen-bond acceptors (Lipinski definition) is 3. The molecule has 0 spiro atoms. The van der Waals surface area contributed by atoms with E-state index in [0.29, 0.717) is 19.5 Å². The first-order valence-corrected chi connectivity index (χ1v) is 6.28. The molecule has 6 heteroatoms. The third kappa shape index (κ3) is 5.85. The van der Waals surface area contributed by atoms with Gasteiger partial charge in [0.2, 0.25) is 0 Å². The Morgan fingerprint density at radius 3 is 2.79 bits per heavy atom. The Morgan fingerprint density at radius 2 is 2.21 bits per heavy atom. The number of nitrogens with zero attached hydrogens (tertiary/aromatic N) is 2. The van der Waals surface area contributed by atoms with Crippen LogP contribution >= 0.6 is 0 Å². The van der Waals surface area contributed by atoms with Gasteiger partial charge in [0.05, 0.1) is 6.42 Å². The fourth-order valence-corrected chi connectivity index (χ4v) is 1.59. The van der Waals surface area contributed by atoms with Crippen LogP contribution in [0.15, 0.2) is 24.4 Å². The van der Waals surface area contributed by atoms with Gasteiger partial charge >= 0.3 is 12.0 Å². The van der Waals surface area contributed by atoms with Gasteiger partial charge in [-0.25, -0.2) is 4.79 Å². The van der Waals surface area contributed by atoms with Gasteiger partial charge in [-0.1, -0.05) is 6.07 Å². The highest BCUT2D eigenvalue weighted by molar-refractivity contribution is 5.75. The number of urea groups is 1. The summed E-state index contributed by atoms with van der Waals surface area (Å²) in [5.74, 6) is -0.903. The molecule has 1 aromatic rings. The van der Waals surface area contributed by atoms with Gasteiger partial charge in [0, 0.05) is 37.9 Å². The van der Waals surface area contributed by atoms with Gasteiger partial charge in [0.1, 0.15) is 0 Å². The van der Waals surface area contributed by atoms with Crippen LogP contribution < -0.4 is 5.32 Å². The number of rotatable bonds is 7. The molecule has 0 aromatic carbocycles. The number of hydrogen-bond donors (Lipinski definition) is 2.